The van der Waals surface area contributed by atoms with Crippen molar-refractivity contribution in [3.05, 3.63) is 76.0 Å². The monoisotopic (exact) mass is 325 g/mol. The van der Waals surface area contributed by atoms with Gasteiger partial charge in [0.1, 0.15) is 10.7 Å². The Kier molecular flexibility index (Phi) is 4.05. The van der Waals surface area contributed by atoms with Crippen LogP contribution >= 0.6 is 11.6 Å². The Morgan fingerprint density at radius 3 is 2.00 bits per heavy atom. The second-order valence-corrected chi connectivity index (χ2v) is 6.17. The molecule has 0 fully saturated rings. The van der Waals surface area contributed by atoms with Crippen molar-refractivity contribution in [1.82, 2.24) is 0 Å². The van der Waals surface area contributed by atoms with Crippen LogP contribution in [0, 0.1) is 0 Å². The number of carbonyl (C=O) groups is 2. The summed E-state index contributed by atoms with van der Waals surface area (Å²) in [5.74, 6) is -0.169. The smallest absolute Gasteiger partial charge is 0.211 e. The van der Waals surface area contributed by atoms with E-state index >= 15 is 0 Å². The minimum absolute atomic E-state index is 0.0679. The van der Waals surface area contributed by atoms with Crippen LogP contribution in [-0.4, -0.2) is 11.6 Å². The number of anilines is 1. The molecule has 0 aromatic heterocycles. The Balaban J connectivity index is 1.95. The van der Waals surface area contributed by atoms with Crippen LogP contribution in [0.25, 0.3) is 0 Å². The van der Waals surface area contributed by atoms with E-state index < -0.39 is 0 Å². The number of fused-ring (bicyclic) bond motifs is 1. The number of allylic oxidation sites excluding steroid dienone is 2. The Bertz CT molecular complexity index is 820. The van der Waals surface area contributed by atoms with Gasteiger partial charge in [-0.15, -0.1) is 0 Å². The summed E-state index contributed by atoms with van der Waals surface area (Å²) < 4.78 is 0. The normalized spacial score (nSPS) is 14.3. The van der Waals surface area contributed by atoms with Gasteiger partial charge >= 0.3 is 0 Å². The molecular formula is C19H16ClNO2. The van der Waals surface area contributed by atoms with Gasteiger partial charge in [-0.25, -0.2) is 0 Å². The summed E-state index contributed by atoms with van der Waals surface area (Å²) in [7, 11) is 0. The van der Waals surface area contributed by atoms with E-state index in [2.05, 4.69) is 19.2 Å². The third-order valence-corrected chi connectivity index (χ3v) is 4.27. The molecule has 2 aromatic rings. The second kappa shape index (κ2) is 6.01. The molecule has 3 rings (SSSR count). The van der Waals surface area contributed by atoms with Gasteiger partial charge in [-0.2, -0.15) is 0 Å². The van der Waals surface area contributed by atoms with Crippen LogP contribution < -0.4 is 5.32 Å². The highest BCUT2D eigenvalue weighted by atomic mass is 35.5. The van der Waals surface area contributed by atoms with Gasteiger partial charge < -0.3 is 5.32 Å². The van der Waals surface area contributed by atoms with E-state index in [1.807, 2.05) is 24.3 Å². The van der Waals surface area contributed by atoms with Gasteiger partial charge in [0, 0.05) is 16.8 Å². The molecule has 0 saturated heterocycles. The van der Waals surface area contributed by atoms with Gasteiger partial charge in [0.15, 0.2) is 0 Å². The predicted molar refractivity (Wildman–Crippen MR) is 92.1 cm³/mol. The number of hydrogen-bond acceptors (Lipinski definition) is 3. The number of ketones is 2. The zero-order chi connectivity index (χ0) is 16.6. The fourth-order valence-corrected chi connectivity index (χ4v) is 2.79. The van der Waals surface area contributed by atoms with Gasteiger partial charge in [-0.05, 0) is 23.6 Å². The Morgan fingerprint density at radius 2 is 1.43 bits per heavy atom. The summed E-state index contributed by atoms with van der Waals surface area (Å²) in [6.45, 7) is 4.23. The lowest BCUT2D eigenvalue weighted by atomic mass is 9.92. The van der Waals surface area contributed by atoms with Crippen molar-refractivity contribution >= 4 is 28.9 Å². The summed E-state index contributed by atoms with van der Waals surface area (Å²) in [6, 6.07) is 14.5. The van der Waals surface area contributed by atoms with Crippen LogP contribution in [0.5, 0.6) is 0 Å². The van der Waals surface area contributed by atoms with Crippen LogP contribution in [0.3, 0.4) is 0 Å². The molecule has 0 bridgehead atoms. The number of Topliss-reactive ketones (excluding diaryl/α,β-unsaturated/α-hetero) is 2. The minimum Gasteiger partial charge on any atom is -0.351 e. The topological polar surface area (TPSA) is 46.2 Å². The van der Waals surface area contributed by atoms with Crippen LogP contribution in [0.4, 0.5) is 5.69 Å². The summed E-state index contributed by atoms with van der Waals surface area (Å²) >= 11 is 6.13. The zero-order valence-electron chi connectivity index (χ0n) is 12.9. The fraction of sp³-hybridized carbons (Fsp3) is 0.158. The van der Waals surface area contributed by atoms with Crippen molar-refractivity contribution in [2.45, 2.75) is 19.8 Å². The number of halogens is 1. The molecule has 2 aromatic carbocycles. The molecule has 0 saturated carbocycles. The zero-order valence-corrected chi connectivity index (χ0v) is 13.6. The van der Waals surface area contributed by atoms with Gasteiger partial charge in [0.2, 0.25) is 11.6 Å². The van der Waals surface area contributed by atoms with E-state index in [0.29, 0.717) is 17.0 Å². The lowest BCUT2D eigenvalue weighted by Gasteiger charge is -2.19. The highest BCUT2D eigenvalue weighted by molar-refractivity contribution is 6.50. The standard InChI is InChI=1S/C19H16ClNO2/c1-11(2)12-7-9-13(10-8-12)21-17-16(20)18(22)14-5-3-4-6-15(14)19(17)23/h3-11,21H,1-2H3. The van der Waals surface area contributed by atoms with Crippen molar-refractivity contribution in [3.63, 3.8) is 0 Å². The summed E-state index contributed by atoms with van der Waals surface area (Å²) in [5.41, 5.74) is 2.79. The lowest BCUT2D eigenvalue weighted by Crippen LogP contribution is -2.24. The molecule has 23 heavy (non-hydrogen) atoms. The number of carbonyl (C=O) groups excluding carboxylic acids is 2. The van der Waals surface area contributed by atoms with E-state index in [9.17, 15) is 9.59 Å². The molecule has 3 nitrogen and oxygen atoms in total. The average molecular weight is 326 g/mol. The third kappa shape index (κ3) is 2.80. The molecule has 1 aliphatic carbocycles. The molecule has 1 aliphatic rings. The first-order valence-electron chi connectivity index (χ1n) is 7.44. The maximum Gasteiger partial charge on any atom is 0.211 e. The Morgan fingerprint density at radius 1 is 0.870 bits per heavy atom. The molecule has 0 atom stereocenters. The van der Waals surface area contributed by atoms with Crippen molar-refractivity contribution in [3.8, 4) is 0 Å². The van der Waals surface area contributed by atoms with Crippen molar-refractivity contribution in [2.75, 3.05) is 5.32 Å². The third-order valence-electron chi connectivity index (χ3n) is 3.91. The van der Waals surface area contributed by atoms with E-state index in [1.54, 1.807) is 24.3 Å². The second-order valence-electron chi connectivity index (χ2n) is 5.79. The van der Waals surface area contributed by atoms with Gasteiger partial charge in [0.25, 0.3) is 0 Å². The number of nitrogens with one attached hydrogen (secondary N) is 1. The molecule has 4 heteroatoms. The Labute approximate surface area is 140 Å². The van der Waals surface area contributed by atoms with Gasteiger partial charge in [0.05, 0.1) is 0 Å². The minimum atomic E-state index is -0.330. The highest BCUT2D eigenvalue weighted by Gasteiger charge is 2.31. The largest absolute Gasteiger partial charge is 0.351 e. The van der Waals surface area contributed by atoms with Gasteiger partial charge in [-0.3, -0.25) is 9.59 Å². The van der Waals surface area contributed by atoms with Crippen LogP contribution in [0.2, 0.25) is 0 Å². The number of benzene rings is 2. The summed E-state index contributed by atoms with van der Waals surface area (Å²) in [6.07, 6.45) is 0. The van der Waals surface area contributed by atoms with E-state index in [4.69, 9.17) is 11.6 Å². The first-order valence-corrected chi connectivity index (χ1v) is 7.82. The van der Waals surface area contributed by atoms with E-state index in [-0.39, 0.29) is 22.3 Å². The molecule has 0 aliphatic heterocycles. The van der Waals surface area contributed by atoms with Crippen LogP contribution in [0.15, 0.2) is 59.3 Å². The Hall–Kier alpha value is -2.39. The average Bonchev–Trinajstić information content (AvgIpc) is 2.57. The summed E-state index contributed by atoms with van der Waals surface area (Å²) in [4.78, 5) is 24.9. The molecule has 0 heterocycles. The van der Waals surface area contributed by atoms with E-state index in [1.165, 1.54) is 5.56 Å². The quantitative estimate of drug-likeness (QED) is 0.885. The molecule has 0 spiro atoms. The molecule has 116 valence electrons. The SMILES string of the molecule is CC(C)c1ccc(NC2=C(Cl)C(=O)c3ccccc3C2=O)cc1. The predicted octanol–water partition coefficient (Wildman–Crippen LogP) is 4.75. The molecule has 0 amide bonds. The first kappa shape index (κ1) is 15.5. The van der Waals surface area contributed by atoms with Crippen LogP contribution in [0.1, 0.15) is 46.0 Å². The first-order chi connectivity index (χ1) is 11.0. The molecule has 0 radical (unpaired) electrons. The molecule has 0 unspecified atom stereocenters. The number of hydrogen-bond donors (Lipinski definition) is 1. The maximum absolute atomic E-state index is 12.6. The molecule has 1 N–H and O–H groups in total. The highest BCUT2D eigenvalue weighted by Crippen LogP contribution is 2.29. The lowest BCUT2D eigenvalue weighted by molar-refractivity contribution is 0.0982. The molecular weight excluding hydrogens is 310 g/mol. The van der Waals surface area contributed by atoms with E-state index in [0.717, 1.165) is 5.69 Å². The van der Waals surface area contributed by atoms with Crippen molar-refractivity contribution < 1.29 is 9.59 Å². The van der Waals surface area contributed by atoms with Crippen LogP contribution in [-0.2, 0) is 0 Å². The van der Waals surface area contributed by atoms with Crippen molar-refractivity contribution in [2.24, 2.45) is 0 Å². The van der Waals surface area contributed by atoms with Gasteiger partial charge in [-0.1, -0.05) is 61.8 Å². The maximum atomic E-state index is 12.6. The summed E-state index contributed by atoms with van der Waals surface area (Å²) in [5, 5.41) is 2.93. The number of rotatable bonds is 3. The fourth-order valence-electron chi connectivity index (χ4n) is 2.55. The van der Waals surface area contributed by atoms with Crippen molar-refractivity contribution in [1.29, 1.82) is 0 Å².